The molecule has 0 N–H and O–H groups in total. The van der Waals surface area contributed by atoms with E-state index in [-0.39, 0.29) is 10.8 Å². The number of methoxy groups -OCH3 is 1. The van der Waals surface area contributed by atoms with Crippen LogP contribution in [0.4, 0.5) is 13.9 Å². The summed E-state index contributed by atoms with van der Waals surface area (Å²) in [6, 6.07) is 0. The summed E-state index contributed by atoms with van der Waals surface area (Å²) < 4.78 is 29.2. The molecule has 0 aliphatic carbocycles. The number of Topliss-reactive ketones (excluding diaryl/α,β-unsaturated/α-hetero) is 1. The minimum Gasteiger partial charge on any atom is -0.480 e. The second-order valence-corrected chi connectivity index (χ2v) is 3.87. The second-order valence-electron chi connectivity index (χ2n) is 2.89. The lowest BCUT2D eigenvalue weighted by molar-refractivity contribution is 0.0680. The molecule has 1 aromatic heterocycles. The average molecular weight is 236 g/mol. The zero-order valence-electron chi connectivity index (χ0n) is 8.45. The lowest BCUT2D eigenvalue weighted by Gasteiger charge is -2.04. The van der Waals surface area contributed by atoms with Crippen molar-refractivity contribution in [2.24, 2.45) is 0 Å². The molecule has 0 bridgehead atoms. The van der Waals surface area contributed by atoms with Crippen LogP contribution in [0.1, 0.15) is 9.67 Å². The topological polar surface area (TPSA) is 42.4 Å². The zero-order chi connectivity index (χ0) is 11.6. The van der Waals surface area contributed by atoms with E-state index >= 15 is 0 Å². The first-order valence-corrected chi connectivity index (χ1v) is 4.83. The van der Waals surface area contributed by atoms with Gasteiger partial charge in [-0.05, 0) is 0 Å². The van der Waals surface area contributed by atoms with Crippen molar-refractivity contribution >= 4 is 22.3 Å². The minimum absolute atomic E-state index is 0.0472. The number of alkyl halides is 2. The van der Waals surface area contributed by atoms with Gasteiger partial charge in [0.2, 0.25) is 11.7 Å². The highest BCUT2D eigenvalue weighted by atomic mass is 32.1. The van der Waals surface area contributed by atoms with Crippen LogP contribution in [0.15, 0.2) is 0 Å². The molecule has 0 spiro atoms. The van der Waals surface area contributed by atoms with E-state index in [9.17, 15) is 13.6 Å². The summed E-state index contributed by atoms with van der Waals surface area (Å²) >= 11 is 0.889. The van der Waals surface area contributed by atoms with Gasteiger partial charge >= 0.3 is 6.43 Å². The number of hydrogen-bond donors (Lipinski definition) is 0. The molecule has 1 rings (SSSR count). The van der Waals surface area contributed by atoms with Crippen molar-refractivity contribution in [1.82, 2.24) is 4.98 Å². The van der Waals surface area contributed by atoms with E-state index in [4.69, 9.17) is 4.74 Å². The van der Waals surface area contributed by atoms with E-state index in [2.05, 4.69) is 4.98 Å². The van der Waals surface area contributed by atoms with Crippen LogP contribution in [0.5, 0.6) is 5.88 Å². The first kappa shape index (κ1) is 11.8. The number of halogens is 2. The van der Waals surface area contributed by atoms with Crippen molar-refractivity contribution < 1.29 is 18.3 Å². The third-order valence-electron chi connectivity index (χ3n) is 1.58. The SMILES string of the molecule is COc1nc(N(C)C)sc1C(=O)C(F)F. The van der Waals surface area contributed by atoms with Gasteiger partial charge < -0.3 is 9.64 Å². The number of aromatic nitrogens is 1. The fourth-order valence-electron chi connectivity index (χ4n) is 0.880. The minimum atomic E-state index is -3.03. The summed E-state index contributed by atoms with van der Waals surface area (Å²) in [5, 5.41) is 0.454. The lowest BCUT2D eigenvalue weighted by Crippen LogP contribution is -2.09. The van der Waals surface area contributed by atoms with Crippen LogP contribution in [-0.2, 0) is 0 Å². The predicted octanol–water partition coefficient (Wildman–Crippen LogP) is 1.67. The highest BCUT2D eigenvalue weighted by Crippen LogP contribution is 2.31. The van der Waals surface area contributed by atoms with Crippen molar-refractivity contribution in [2.75, 3.05) is 26.1 Å². The Morgan fingerprint density at radius 2 is 2.13 bits per heavy atom. The van der Waals surface area contributed by atoms with Gasteiger partial charge in [0, 0.05) is 14.1 Å². The second kappa shape index (κ2) is 4.52. The summed E-state index contributed by atoms with van der Waals surface area (Å²) in [4.78, 5) is 16.5. The van der Waals surface area contributed by atoms with Gasteiger partial charge in [-0.2, -0.15) is 4.98 Å². The van der Waals surface area contributed by atoms with E-state index in [1.165, 1.54) is 7.11 Å². The number of ether oxygens (including phenoxy) is 1. The number of hydrogen-bond acceptors (Lipinski definition) is 5. The van der Waals surface area contributed by atoms with E-state index in [1.807, 2.05) is 0 Å². The average Bonchev–Trinajstić information content (AvgIpc) is 2.59. The van der Waals surface area contributed by atoms with E-state index in [0.717, 1.165) is 11.3 Å². The van der Waals surface area contributed by atoms with E-state index < -0.39 is 12.2 Å². The largest absolute Gasteiger partial charge is 0.480 e. The molecule has 0 aromatic carbocycles. The Morgan fingerprint density at radius 3 is 2.53 bits per heavy atom. The summed E-state index contributed by atoms with van der Waals surface area (Å²) in [5.41, 5.74) is 0. The van der Waals surface area contributed by atoms with Crippen LogP contribution in [0.3, 0.4) is 0 Å². The molecule has 7 heteroatoms. The predicted molar refractivity (Wildman–Crippen MR) is 53.3 cm³/mol. The van der Waals surface area contributed by atoms with Crippen LogP contribution < -0.4 is 9.64 Å². The molecule has 0 radical (unpaired) electrons. The quantitative estimate of drug-likeness (QED) is 0.746. The molecule has 0 saturated carbocycles. The summed E-state index contributed by atoms with van der Waals surface area (Å²) in [5.74, 6) is -1.30. The molecule has 0 saturated heterocycles. The Labute approximate surface area is 89.5 Å². The van der Waals surface area contributed by atoms with Crippen molar-refractivity contribution in [3.8, 4) is 5.88 Å². The Bertz CT molecular complexity index is 366. The van der Waals surface area contributed by atoms with Gasteiger partial charge in [-0.25, -0.2) is 8.78 Å². The van der Waals surface area contributed by atoms with Crippen molar-refractivity contribution in [3.05, 3.63) is 4.88 Å². The monoisotopic (exact) mass is 236 g/mol. The van der Waals surface area contributed by atoms with Crippen molar-refractivity contribution in [3.63, 3.8) is 0 Å². The Kier molecular flexibility index (Phi) is 3.57. The summed E-state index contributed by atoms with van der Waals surface area (Å²) in [7, 11) is 4.69. The maximum atomic E-state index is 12.2. The van der Waals surface area contributed by atoms with E-state index in [1.54, 1.807) is 19.0 Å². The van der Waals surface area contributed by atoms with Crippen LogP contribution in [0.2, 0.25) is 0 Å². The van der Waals surface area contributed by atoms with Gasteiger partial charge in [0.15, 0.2) is 5.13 Å². The Hall–Kier alpha value is -1.24. The third kappa shape index (κ3) is 2.41. The van der Waals surface area contributed by atoms with Crippen LogP contribution in [-0.4, -0.2) is 38.4 Å². The van der Waals surface area contributed by atoms with E-state index in [0.29, 0.717) is 5.13 Å². The van der Waals surface area contributed by atoms with Gasteiger partial charge in [-0.3, -0.25) is 4.79 Å². The Balaban J connectivity index is 3.11. The normalized spacial score (nSPS) is 10.5. The molecular weight excluding hydrogens is 226 g/mol. The van der Waals surface area contributed by atoms with Crippen molar-refractivity contribution in [1.29, 1.82) is 0 Å². The third-order valence-corrected chi connectivity index (χ3v) is 2.80. The van der Waals surface area contributed by atoms with Crippen LogP contribution >= 0.6 is 11.3 Å². The zero-order valence-corrected chi connectivity index (χ0v) is 9.27. The fourth-order valence-corrected chi connectivity index (χ4v) is 1.78. The molecule has 1 aromatic rings. The molecule has 4 nitrogen and oxygen atoms in total. The number of ketones is 1. The number of carbonyl (C=O) groups excluding carboxylic acids is 1. The fraction of sp³-hybridized carbons (Fsp3) is 0.500. The maximum absolute atomic E-state index is 12.2. The molecule has 0 amide bonds. The molecule has 15 heavy (non-hydrogen) atoms. The molecule has 0 fully saturated rings. The number of carbonyl (C=O) groups is 1. The van der Waals surface area contributed by atoms with Crippen molar-refractivity contribution in [2.45, 2.75) is 6.43 Å². The van der Waals surface area contributed by atoms with Gasteiger partial charge in [0.1, 0.15) is 4.88 Å². The Morgan fingerprint density at radius 1 is 1.53 bits per heavy atom. The molecular formula is C8H10F2N2O2S. The molecule has 0 atom stereocenters. The van der Waals surface area contributed by atoms with Gasteiger partial charge in [0.05, 0.1) is 7.11 Å². The molecule has 84 valence electrons. The summed E-state index contributed by atoms with van der Waals surface area (Å²) in [6.45, 7) is 0. The van der Waals surface area contributed by atoms with Crippen LogP contribution in [0.25, 0.3) is 0 Å². The standard InChI is InChI=1S/C8H10F2N2O2S/c1-12(2)8-11-7(14-3)5(15-8)4(13)6(9)10/h6H,1-3H3. The smallest absolute Gasteiger partial charge is 0.301 e. The van der Waals surface area contributed by atoms with Gasteiger partial charge in [-0.15, -0.1) is 0 Å². The van der Waals surface area contributed by atoms with Crippen LogP contribution in [0, 0.1) is 0 Å². The molecule has 0 unspecified atom stereocenters. The first-order chi connectivity index (χ1) is 6.97. The lowest BCUT2D eigenvalue weighted by atomic mass is 10.3. The number of rotatable bonds is 4. The molecule has 0 aliphatic rings. The summed E-state index contributed by atoms with van der Waals surface area (Å²) in [6.07, 6.45) is -3.03. The van der Waals surface area contributed by atoms with Gasteiger partial charge in [0.25, 0.3) is 0 Å². The number of nitrogens with zero attached hydrogens (tertiary/aromatic N) is 2. The number of thiazole rings is 1. The van der Waals surface area contributed by atoms with Gasteiger partial charge in [-0.1, -0.05) is 11.3 Å². The first-order valence-electron chi connectivity index (χ1n) is 4.02. The maximum Gasteiger partial charge on any atom is 0.301 e. The molecule has 1 heterocycles. The molecule has 0 aliphatic heterocycles. The highest BCUT2D eigenvalue weighted by Gasteiger charge is 2.26. The highest BCUT2D eigenvalue weighted by molar-refractivity contribution is 7.17. The number of anilines is 1.